The zero-order valence-corrected chi connectivity index (χ0v) is 18.3. The monoisotopic (exact) mass is 384 g/mol. The fraction of sp³-hybridized carbons (Fsp3) is 0.875. The van der Waals surface area contributed by atoms with E-state index >= 15 is 0 Å². The zero-order valence-electron chi connectivity index (χ0n) is 17.6. The van der Waals surface area contributed by atoms with Gasteiger partial charge in [0, 0.05) is 6.42 Å². The van der Waals surface area contributed by atoms with Gasteiger partial charge in [0.05, 0.1) is 0 Å². The average Bonchev–Trinajstić information content (AvgIpc) is 2.62. The van der Waals surface area contributed by atoms with Gasteiger partial charge in [0.15, 0.2) is 0 Å². The minimum atomic E-state index is -0.229. The van der Waals surface area contributed by atoms with Gasteiger partial charge in [-0.2, -0.15) is 0 Å². The highest BCUT2D eigenvalue weighted by Crippen LogP contribution is 2.14. The van der Waals surface area contributed by atoms with Crippen LogP contribution in [0.25, 0.3) is 0 Å². The molecular weight excluding hydrogens is 340 g/mol. The zero-order chi connectivity index (χ0) is 19.1. The van der Waals surface area contributed by atoms with Gasteiger partial charge in [-0.3, -0.25) is 4.79 Å². The number of carbonyl (C=O) groups is 1. The molecule has 0 aromatic heterocycles. The first kappa shape index (κ1) is 25.7. The summed E-state index contributed by atoms with van der Waals surface area (Å²) in [6, 6.07) is 0. The molecule has 0 saturated carbocycles. The number of carbonyl (C=O) groups excluding carboxylic acids is 1. The molecule has 154 valence electrons. The first-order chi connectivity index (χ1) is 12.8. The standard InChI is InChI=1S/C24H45ClO/c1-2-3-4-5-6-7-8-9-10-11-12-13-14-15-16-17-18-19-20-21-22-23-24(25)26/h20-21H,2-19,22-23H2,1H3/b21-20+. The van der Waals surface area contributed by atoms with Crippen LogP contribution in [0.4, 0.5) is 0 Å². The van der Waals surface area contributed by atoms with Crippen molar-refractivity contribution in [1.82, 2.24) is 0 Å². The smallest absolute Gasteiger partial charge is 0.221 e. The normalized spacial score (nSPS) is 11.5. The largest absolute Gasteiger partial charge is 0.281 e. The number of rotatable bonds is 21. The molecule has 26 heavy (non-hydrogen) atoms. The maximum absolute atomic E-state index is 10.6. The van der Waals surface area contributed by atoms with E-state index in [0.29, 0.717) is 6.42 Å². The highest BCUT2D eigenvalue weighted by atomic mass is 35.5. The number of hydrogen-bond donors (Lipinski definition) is 0. The summed E-state index contributed by atoms with van der Waals surface area (Å²) >= 11 is 5.30. The molecular formula is C24H45ClO. The Kier molecular flexibility index (Phi) is 22.5. The number of halogens is 1. The van der Waals surface area contributed by atoms with E-state index in [9.17, 15) is 4.79 Å². The minimum Gasteiger partial charge on any atom is -0.281 e. The molecule has 0 unspecified atom stereocenters. The van der Waals surface area contributed by atoms with Crippen molar-refractivity contribution in [3.8, 4) is 0 Å². The van der Waals surface area contributed by atoms with Crippen LogP contribution in [-0.2, 0) is 4.79 Å². The predicted molar refractivity (Wildman–Crippen MR) is 118 cm³/mol. The lowest BCUT2D eigenvalue weighted by atomic mass is 10.0. The number of allylic oxidation sites excluding steroid dienone is 2. The summed E-state index contributed by atoms with van der Waals surface area (Å²) in [7, 11) is 0. The van der Waals surface area contributed by atoms with Gasteiger partial charge in [-0.25, -0.2) is 0 Å². The molecule has 0 aromatic rings. The van der Waals surface area contributed by atoms with Crippen molar-refractivity contribution >= 4 is 16.8 Å². The maximum Gasteiger partial charge on any atom is 0.221 e. The molecule has 0 aliphatic rings. The predicted octanol–water partition coefficient (Wildman–Crippen LogP) is 9.13. The lowest BCUT2D eigenvalue weighted by Gasteiger charge is -2.03. The van der Waals surface area contributed by atoms with Gasteiger partial charge in [0.2, 0.25) is 5.24 Å². The van der Waals surface area contributed by atoms with Crippen LogP contribution in [0.5, 0.6) is 0 Å². The van der Waals surface area contributed by atoms with Crippen molar-refractivity contribution in [2.75, 3.05) is 0 Å². The van der Waals surface area contributed by atoms with Crippen LogP contribution in [0, 0.1) is 0 Å². The second-order valence-electron chi connectivity index (χ2n) is 7.81. The quantitative estimate of drug-likeness (QED) is 0.109. The van der Waals surface area contributed by atoms with Crippen molar-refractivity contribution in [1.29, 1.82) is 0 Å². The lowest BCUT2D eigenvalue weighted by Crippen LogP contribution is -1.84. The van der Waals surface area contributed by atoms with Gasteiger partial charge in [0.1, 0.15) is 0 Å². The van der Waals surface area contributed by atoms with E-state index in [1.165, 1.54) is 109 Å². The van der Waals surface area contributed by atoms with Crippen molar-refractivity contribution in [3.63, 3.8) is 0 Å². The highest BCUT2D eigenvalue weighted by molar-refractivity contribution is 6.63. The van der Waals surface area contributed by atoms with Crippen LogP contribution >= 0.6 is 11.6 Å². The van der Waals surface area contributed by atoms with Gasteiger partial charge in [-0.1, -0.05) is 122 Å². The van der Waals surface area contributed by atoms with Crippen molar-refractivity contribution in [2.24, 2.45) is 0 Å². The number of unbranched alkanes of at least 4 members (excludes halogenated alkanes) is 17. The Bertz CT molecular complexity index is 311. The molecule has 0 N–H and O–H groups in total. The molecule has 0 saturated heterocycles. The van der Waals surface area contributed by atoms with Crippen molar-refractivity contribution in [2.45, 2.75) is 135 Å². The highest BCUT2D eigenvalue weighted by Gasteiger charge is 1.95. The fourth-order valence-corrected chi connectivity index (χ4v) is 3.53. The Morgan fingerprint density at radius 3 is 1.31 bits per heavy atom. The summed E-state index contributed by atoms with van der Waals surface area (Å²) < 4.78 is 0. The van der Waals surface area contributed by atoms with Crippen LogP contribution < -0.4 is 0 Å². The first-order valence-electron chi connectivity index (χ1n) is 11.6. The molecule has 0 atom stereocenters. The van der Waals surface area contributed by atoms with E-state index in [-0.39, 0.29) is 5.24 Å². The third-order valence-electron chi connectivity index (χ3n) is 5.15. The van der Waals surface area contributed by atoms with Gasteiger partial charge in [-0.05, 0) is 30.9 Å². The second kappa shape index (κ2) is 22.7. The first-order valence-corrected chi connectivity index (χ1v) is 12.0. The molecule has 0 bridgehead atoms. The van der Waals surface area contributed by atoms with Crippen LogP contribution in [0.2, 0.25) is 0 Å². The van der Waals surface area contributed by atoms with Crippen molar-refractivity contribution < 1.29 is 4.79 Å². The SMILES string of the molecule is CCCCCCCCCCCCCCCCCCC/C=C/CCC(=O)Cl. The molecule has 2 heteroatoms. The van der Waals surface area contributed by atoms with Gasteiger partial charge in [0.25, 0.3) is 0 Å². The van der Waals surface area contributed by atoms with E-state index in [1.807, 2.05) is 0 Å². The third-order valence-corrected chi connectivity index (χ3v) is 5.34. The average molecular weight is 385 g/mol. The summed E-state index contributed by atoms with van der Waals surface area (Å²) in [5, 5.41) is -0.229. The topological polar surface area (TPSA) is 17.1 Å². The van der Waals surface area contributed by atoms with Gasteiger partial charge >= 0.3 is 0 Å². The Hall–Kier alpha value is -0.300. The van der Waals surface area contributed by atoms with Crippen LogP contribution in [-0.4, -0.2) is 5.24 Å². The Morgan fingerprint density at radius 2 is 0.923 bits per heavy atom. The molecule has 1 nitrogen and oxygen atoms in total. The lowest BCUT2D eigenvalue weighted by molar-refractivity contribution is -0.111. The van der Waals surface area contributed by atoms with E-state index in [4.69, 9.17) is 11.6 Å². The second-order valence-corrected chi connectivity index (χ2v) is 8.23. The summed E-state index contributed by atoms with van der Waals surface area (Å²) in [5.41, 5.74) is 0. The van der Waals surface area contributed by atoms with E-state index in [0.717, 1.165) is 12.8 Å². The summed E-state index contributed by atoms with van der Waals surface area (Å²) in [6.45, 7) is 2.29. The van der Waals surface area contributed by atoms with Crippen LogP contribution in [0.15, 0.2) is 12.2 Å². The molecule has 0 radical (unpaired) electrons. The molecule has 0 spiro atoms. The molecule has 0 amide bonds. The maximum atomic E-state index is 10.6. The van der Waals surface area contributed by atoms with E-state index < -0.39 is 0 Å². The summed E-state index contributed by atoms with van der Waals surface area (Å²) in [6.07, 6.45) is 30.8. The van der Waals surface area contributed by atoms with E-state index in [1.54, 1.807) is 0 Å². The van der Waals surface area contributed by atoms with Gasteiger partial charge in [-0.15, -0.1) is 0 Å². The molecule has 0 aliphatic heterocycles. The van der Waals surface area contributed by atoms with Crippen LogP contribution in [0.3, 0.4) is 0 Å². The Balaban J connectivity index is 3.04. The molecule has 0 aromatic carbocycles. The molecule has 0 rings (SSSR count). The minimum absolute atomic E-state index is 0.229. The van der Waals surface area contributed by atoms with Crippen LogP contribution in [0.1, 0.15) is 135 Å². The van der Waals surface area contributed by atoms with Gasteiger partial charge < -0.3 is 0 Å². The number of hydrogen-bond acceptors (Lipinski definition) is 1. The van der Waals surface area contributed by atoms with E-state index in [2.05, 4.69) is 19.1 Å². The van der Waals surface area contributed by atoms with Crippen molar-refractivity contribution in [3.05, 3.63) is 12.2 Å². The third kappa shape index (κ3) is 23.7. The molecule has 0 aliphatic carbocycles. The Labute approximate surface area is 169 Å². The Morgan fingerprint density at radius 1 is 0.577 bits per heavy atom. The molecule has 0 heterocycles. The fourth-order valence-electron chi connectivity index (χ4n) is 3.42. The summed E-state index contributed by atoms with van der Waals surface area (Å²) in [4.78, 5) is 10.6. The summed E-state index contributed by atoms with van der Waals surface area (Å²) in [5.74, 6) is 0. The molecule has 0 fully saturated rings.